The molecule has 7 heteroatoms. The molecule has 3 nitrogen and oxygen atoms in total. The number of anilines is 1. The Kier molecular flexibility index (Phi) is 4.83. The van der Waals surface area contributed by atoms with Crippen molar-refractivity contribution in [3.63, 3.8) is 0 Å². The number of halogens is 4. The molecular weight excluding hydrogens is 298 g/mol. The van der Waals surface area contributed by atoms with Crippen molar-refractivity contribution in [1.29, 1.82) is 0 Å². The number of hydrogen-bond acceptors (Lipinski definition) is 3. The zero-order valence-corrected chi connectivity index (χ0v) is 12.4. The zero-order chi connectivity index (χ0) is 16.3. The minimum atomic E-state index is -4.71. The van der Waals surface area contributed by atoms with Gasteiger partial charge in [-0.1, -0.05) is 19.9 Å². The van der Waals surface area contributed by atoms with Crippen LogP contribution in [0.1, 0.15) is 32.5 Å². The molecular formula is C15H17F4N3. The minimum Gasteiger partial charge on any atom is -0.356 e. The predicted molar refractivity (Wildman–Crippen MR) is 77.3 cm³/mol. The van der Waals surface area contributed by atoms with Gasteiger partial charge in [-0.15, -0.1) is 0 Å². The van der Waals surface area contributed by atoms with E-state index in [0.717, 1.165) is 18.9 Å². The van der Waals surface area contributed by atoms with Gasteiger partial charge in [0.25, 0.3) is 0 Å². The summed E-state index contributed by atoms with van der Waals surface area (Å²) in [5.74, 6) is -1.95. The molecule has 1 aromatic heterocycles. The quantitative estimate of drug-likeness (QED) is 0.765. The molecule has 0 saturated heterocycles. The molecule has 0 aliphatic carbocycles. The second-order valence-electron chi connectivity index (χ2n) is 4.99. The third-order valence-electron chi connectivity index (χ3n) is 3.20. The van der Waals surface area contributed by atoms with E-state index in [4.69, 9.17) is 0 Å². The van der Waals surface area contributed by atoms with Crippen molar-refractivity contribution in [2.24, 2.45) is 0 Å². The molecule has 1 heterocycles. The van der Waals surface area contributed by atoms with Gasteiger partial charge in [-0.3, -0.25) is 0 Å². The molecule has 2 rings (SSSR count). The van der Waals surface area contributed by atoms with E-state index >= 15 is 0 Å². The fraction of sp³-hybridized carbons (Fsp3) is 0.467. The maximum absolute atomic E-state index is 13.9. The third kappa shape index (κ3) is 3.28. The second-order valence-corrected chi connectivity index (χ2v) is 4.99. The largest absolute Gasteiger partial charge is 0.451 e. The van der Waals surface area contributed by atoms with Crippen LogP contribution in [0.2, 0.25) is 0 Å². The van der Waals surface area contributed by atoms with E-state index in [0.29, 0.717) is 18.5 Å². The molecule has 1 aromatic carbocycles. The monoisotopic (exact) mass is 315 g/mol. The highest BCUT2D eigenvalue weighted by Gasteiger charge is 2.36. The van der Waals surface area contributed by atoms with E-state index in [1.807, 2.05) is 13.8 Å². The van der Waals surface area contributed by atoms with Gasteiger partial charge in [0.15, 0.2) is 0 Å². The predicted octanol–water partition coefficient (Wildman–Crippen LogP) is 4.41. The molecule has 22 heavy (non-hydrogen) atoms. The topological polar surface area (TPSA) is 29.0 Å². The Labute approximate surface area is 126 Å². The SMILES string of the molecule is CCCN(CCC)c1nc(C(F)(F)F)nc2c(F)cccc12. The highest BCUT2D eigenvalue weighted by atomic mass is 19.4. The third-order valence-corrected chi connectivity index (χ3v) is 3.20. The van der Waals surface area contributed by atoms with Gasteiger partial charge in [-0.05, 0) is 25.0 Å². The Morgan fingerprint density at radius 2 is 1.68 bits per heavy atom. The molecule has 2 aromatic rings. The van der Waals surface area contributed by atoms with Crippen molar-refractivity contribution >= 4 is 16.7 Å². The number of fused-ring (bicyclic) bond motifs is 1. The summed E-state index contributed by atoms with van der Waals surface area (Å²) in [6.45, 7) is 4.95. The lowest BCUT2D eigenvalue weighted by Gasteiger charge is -2.24. The fourth-order valence-corrected chi connectivity index (χ4v) is 2.33. The molecule has 0 atom stereocenters. The van der Waals surface area contributed by atoms with Crippen molar-refractivity contribution in [3.05, 3.63) is 29.8 Å². The molecule has 0 aliphatic heterocycles. The van der Waals surface area contributed by atoms with Gasteiger partial charge in [0.2, 0.25) is 5.82 Å². The Hall–Kier alpha value is -1.92. The summed E-state index contributed by atoms with van der Waals surface area (Å²) in [5.41, 5.74) is -0.294. The van der Waals surface area contributed by atoms with Crippen molar-refractivity contribution in [1.82, 2.24) is 9.97 Å². The minimum absolute atomic E-state index is 0.139. The van der Waals surface area contributed by atoms with Crippen LogP contribution in [0.4, 0.5) is 23.4 Å². The Morgan fingerprint density at radius 3 is 2.23 bits per heavy atom. The van der Waals surface area contributed by atoms with Crippen LogP contribution >= 0.6 is 0 Å². The van der Waals surface area contributed by atoms with Crippen LogP contribution in [0.5, 0.6) is 0 Å². The first-order valence-electron chi connectivity index (χ1n) is 7.16. The number of rotatable bonds is 5. The lowest BCUT2D eigenvalue weighted by atomic mass is 10.2. The zero-order valence-electron chi connectivity index (χ0n) is 12.4. The van der Waals surface area contributed by atoms with Gasteiger partial charge in [-0.2, -0.15) is 13.2 Å². The van der Waals surface area contributed by atoms with E-state index in [-0.39, 0.29) is 11.3 Å². The van der Waals surface area contributed by atoms with E-state index in [1.165, 1.54) is 6.07 Å². The molecule has 0 saturated carbocycles. The van der Waals surface area contributed by atoms with E-state index < -0.39 is 17.8 Å². The summed E-state index contributed by atoms with van der Waals surface area (Å²) in [6.07, 6.45) is -3.21. The number of para-hydroxylation sites is 1. The molecule has 0 N–H and O–H groups in total. The van der Waals surface area contributed by atoms with Gasteiger partial charge in [0.1, 0.15) is 17.2 Å². The normalized spacial score (nSPS) is 11.9. The molecule has 0 spiro atoms. The van der Waals surface area contributed by atoms with Crippen molar-refractivity contribution < 1.29 is 17.6 Å². The van der Waals surface area contributed by atoms with E-state index in [1.54, 1.807) is 11.0 Å². The maximum atomic E-state index is 13.9. The fourth-order valence-electron chi connectivity index (χ4n) is 2.33. The highest BCUT2D eigenvalue weighted by molar-refractivity contribution is 5.90. The first kappa shape index (κ1) is 16.5. The van der Waals surface area contributed by atoms with Crippen molar-refractivity contribution in [2.75, 3.05) is 18.0 Å². The molecule has 0 bridgehead atoms. The summed E-state index contributed by atoms with van der Waals surface area (Å²) in [4.78, 5) is 8.79. The van der Waals surface area contributed by atoms with Crippen LogP contribution < -0.4 is 4.90 Å². The van der Waals surface area contributed by atoms with Crippen LogP contribution in [-0.4, -0.2) is 23.1 Å². The van der Waals surface area contributed by atoms with Crippen LogP contribution in [0, 0.1) is 5.82 Å². The van der Waals surface area contributed by atoms with Crippen LogP contribution in [0.3, 0.4) is 0 Å². The lowest BCUT2D eigenvalue weighted by Crippen LogP contribution is -2.27. The average Bonchev–Trinajstić information content (AvgIpc) is 2.45. The molecule has 120 valence electrons. The van der Waals surface area contributed by atoms with Gasteiger partial charge in [0, 0.05) is 18.5 Å². The first-order valence-corrected chi connectivity index (χ1v) is 7.16. The molecule has 0 unspecified atom stereocenters. The van der Waals surface area contributed by atoms with Crippen molar-refractivity contribution in [3.8, 4) is 0 Å². The number of nitrogens with zero attached hydrogens (tertiary/aromatic N) is 3. The Bertz CT molecular complexity index is 649. The maximum Gasteiger partial charge on any atom is 0.451 e. The molecule has 0 aliphatic rings. The van der Waals surface area contributed by atoms with Crippen LogP contribution in [0.25, 0.3) is 10.9 Å². The van der Waals surface area contributed by atoms with E-state index in [9.17, 15) is 17.6 Å². The number of benzene rings is 1. The second kappa shape index (κ2) is 6.46. The molecule has 0 radical (unpaired) electrons. The Balaban J connectivity index is 2.71. The summed E-state index contributed by atoms with van der Waals surface area (Å²) >= 11 is 0. The molecule has 0 amide bonds. The molecule has 0 fully saturated rings. The number of aromatic nitrogens is 2. The lowest BCUT2D eigenvalue weighted by molar-refractivity contribution is -0.144. The summed E-state index contributed by atoms with van der Waals surface area (Å²) in [6, 6.07) is 4.10. The van der Waals surface area contributed by atoms with Crippen LogP contribution in [-0.2, 0) is 6.18 Å². The summed E-state index contributed by atoms with van der Waals surface area (Å²) in [5, 5.41) is 0.301. The Morgan fingerprint density at radius 1 is 1.05 bits per heavy atom. The first-order chi connectivity index (χ1) is 10.4. The average molecular weight is 315 g/mol. The smallest absolute Gasteiger partial charge is 0.356 e. The number of alkyl halides is 3. The van der Waals surface area contributed by atoms with E-state index in [2.05, 4.69) is 9.97 Å². The van der Waals surface area contributed by atoms with Gasteiger partial charge < -0.3 is 4.90 Å². The highest BCUT2D eigenvalue weighted by Crippen LogP contribution is 2.32. The van der Waals surface area contributed by atoms with Gasteiger partial charge in [0.05, 0.1) is 0 Å². The van der Waals surface area contributed by atoms with Crippen LogP contribution in [0.15, 0.2) is 18.2 Å². The summed E-state index contributed by atoms with van der Waals surface area (Å²) < 4.78 is 52.9. The number of hydrogen-bond donors (Lipinski definition) is 0. The van der Waals surface area contributed by atoms with Gasteiger partial charge >= 0.3 is 6.18 Å². The summed E-state index contributed by atoms with van der Waals surface area (Å²) in [7, 11) is 0. The van der Waals surface area contributed by atoms with Crippen molar-refractivity contribution in [2.45, 2.75) is 32.9 Å². The van der Waals surface area contributed by atoms with Gasteiger partial charge in [-0.25, -0.2) is 14.4 Å². The standard InChI is InChI=1S/C15H17F4N3/c1-3-8-22(9-4-2)13-10-6-5-7-11(16)12(10)20-14(21-13)15(17,18)19/h5-7H,3-4,8-9H2,1-2H3.